The number of fused-ring (bicyclic) bond motifs is 1. The first-order valence-corrected chi connectivity index (χ1v) is 10.9. The minimum Gasteiger partial charge on any atom is -0.364 e. The van der Waals surface area contributed by atoms with Gasteiger partial charge in [0.05, 0.1) is 23.4 Å². The molecule has 2 aliphatic rings. The van der Waals surface area contributed by atoms with E-state index in [2.05, 4.69) is 32.6 Å². The first kappa shape index (κ1) is 19.7. The van der Waals surface area contributed by atoms with Crippen molar-refractivity contribution in [2.24, 2.45) is 13.0 Å². The number of aryl methyl sites for hydroxylation is 1. The van der Waals surface area contributed by atoms with Crippen molar-refractivity contribution >= 4 is 34.6 Å². The number of carbonyl (C=O) groups excluding carboxylic acids is 1. The molecule has 2 N–H and O–H groups in total. The maximum atomic E-state index is 12.7. The molecule has 2 fully saturated rings. The second-order valence-corrected chi connectivity index (χ2v) is 9.11. The Bertz CT molecular complexity index is 1190. The van der Waals surface area contributed by atoms with Crippen LogP contribution in [-0.2, 0) is 11.8 Å². The standard InChI is InChI=1S/C22H27N7O2/c1-22(8-9-22)27-19-18-17(7-10-28(2)20(18)31)25-21(26-19)24-15-11-23-29(12-15)16-5-3-14(13-30)4-6-16/h7,10-14,16H,3-6,8-9H2,1-2H3,(H2,24,25,26,27). The van der Waals surface area contributed by atoms with E-state index in [0.29, 0.717) is 28.7 Å². The number of aldehydes is 1. The number of pyridine rings is 1. The summed E-state index contributed by atoms with van der Waals surface area (Å²) in [5, 5.41) is 11.7. The topological polar surface area (TPSA) is 107 Å². The summed E-state index contributed by atoms with van der Waals surface area (Å²) in [6.45, 7) is 2.13. The zero-order chi connectivity index (χ0) is 21.6. The van der Waals surface area contributed by atoms with Crippen LogP contribution in [0.15, 0.2) is 29.5 Å². The Kier molecular flexibility index (Phi) is 4.75. The van der Waals surface area contributed by atoms with E-state index in [1.165, 1.54) is 0 Å². The molecule has 162 valence electrons. The smallest absolute Gasteiger partial charge is 0.263 e. The van der Waals surface area contributed by atoms with Crippen LogP contribution in [0.1, 0.15) is 51.5 Å². The minimum absolute atomic E-state index is 0.0232. The number of nitrogens with one attached hydrogen (secondary N) is 2. The lowest BCUT2D eigenvalue weighted by atomic mass is 9.87. The van der Waals surface area contributed by atoms with Crippen LogP contribution in [0.25, 0.3) is 10.9 Å². The minimum atomic E-state index is -0.116. The molecule has 9 heteroatoms. The van der Waals surface area contributed by atoms with Crippen LogP contribution < -0.4 is 16.2 Å². The van der Waals surface area contributed by atoms with Gasteiger partial charge >= 0.3 is 0 Å². The molecular formula is C22H27N7O2. The molecule has 0 radical (unpaired) electrons. The summed E-state index contributed by atoms with van der Waals surface area (Å²) in [4.78, 5) is 32.9. The molecule has 31 heavy (non-hydrogen) atoms. The summed E-state index contributed by atoms with van der Waals surface area (Å²) < 4.78 is 3.51. The van der Waals surface area contributed by atoms with Crippen LogP contribution in [0.2, 0.25) is 0 Å². The zero-order valence-corrected chi connectivity index (χ0v) is 17.8. The molecule has 3 aromatic heterocycles. The molecule has 5 rings (SSSR count). The highest BCUT2D eigenvalue weighted by molar-refractivity contribution is 5.89. The van der Waals surface area contributed by atoms with Gasteiger partial charge in [0.25, 0.3) is 5.56 Å². The number of anilines is 3. The first-order valence-electron chi connectivity index (χ1n) is 10.9. The van der Waals surface area contributed by atoms with E-state index in [-0.39, 0.29) is 17.0 Å². The average Bonchev–Trinajstić information content (AvgIpc) is 3.30. The zero-order valence-electron chi connectivity index (χ0n) is 17.8. The monoisotopic (exact) mass is 421 g/mol. The summed E-state index contributed by atoms with van der Waals surface area (Å²) in [6, 6.07) is 2.14. The third-order valence-corrected chi connectivity index (χ3v) is 6.51. The third kappa shape index (κ3) is 3.92. The molecule has 3 aromatic rings. The van der Waals surface area contributed by atoms with Crippen LogP contribution in [-0.4, -0.2) is 36.1 Å². The van der Waals surface area contributed by atoms with E-state index in [0.717, 1.165) is 50.5 Å². The lowest BCUT2D eigenvalue weighted by Crippen LogP contribution is -2.23. The number of hydrogen-bond acceptors (Lipinski definition) is 7. The molecule has 0 amide bonds. The van der Waals surface area contributed by atoms with E-state index in [4.69, 9.17) is 0 Å². The molecule has 2 saturated carbocycles. The highest BCUT2D eigenvalue weighted by Gasteiger charge is 2.38. The average molecular weight is 422 g/mol. The lowest BCUT2D eigenvalue weighted by molar-refractivity contribution is -0.112. The fourth-order valence-corrected chi connectivity index (χ4v) is 4.21. The number of nitrogens with zero attached hydrogens (tertiary/aromatic N) is 5. The molecule has 0 unspecified atom stereocenters. The Balaban J connectivity index is 1.42. The highest BCUT2D eigenvalue weighted by atomic mass is 16.1. The SMILES string of the molecule is Cn1ccc2nc(Nc3cnn(C4CCC(C=O)CC4)c3)nc(NC3(C)CC3)c2c1=O. The number of carbonyl (C=O) groups is 1. The van der Waals surface area contributed by atoms with Crippen molar-refractivity contribution in [3.8, 4) is 0 Å². The van der Waals surface area contributed by atoms with Crippen LogP contribution in [0.5, 0.6) is 0 Å². The lowest BCUT2D eigenvalue weighted by Gasteiger charge is -2.25. The highest BCUT2D eigenvalue weighted by Crippen LogP contribution is 2.39. The van der Waals surface area contributed by atoms with Crippen LogP contribution in [0.4, 0.5) is 17.5 Å². The van der Waals surface area contributed by atoms with Gasteiger partial charge in [-0.2, -0.15) is 10.1 Å². The van der Waals surface area contributed by atoms with Gasteiger partial charge in [-0.15, -0.1) is 0 Å². The molecule has 0 aromatic carbocycles. The molecule has 3 heterocycles. The van der Waals surface area contributed by atoms with Crippen molar-refractivity contribution in [2.45, 2.75) is 57.0 Å². The van der Waals surface area contributed by atoms with E-state index < -0.39 is 0 Å². The van der Waals surface area contributed by atoms with Gasteiger partial charge in [-0.1, -0.05) is 0 Å². The van der Waals surface area contributed by atoms with Gasteiger partial charge in [0.15, 0.2) is 0 Å². The summed E-state index contributed by atoms with van der Waals surface area (Å²) in [7, 11) is 1.73. The van der Waals surface area contributed by atoms with Crippen molar-refractivity contribution in [3.63, 3.8) is 0 Å². The fourth-order valence-electron chi connectivity index (χ4n) is 4.21. The van der Waals surface area contributed by atoms with Gasteiger partial charge < -0.3 is 20.0 Å². The van der Waals surface area contributed by atoms with Crippen molar-refractivity contribution in [3.05, 3.63) is 35.0 Å². The summed E-state index contributed by atoms with van der Waals surface area (Å²) in [5.41, 5.74) is 1.26. The predicted octanol–water partition coefficient (Wildman–Crippen LogP) is 3.16. The Labute approximate surface area is 179 Å². The molecule has 0 atom stereocenters. The maximum absolute atomic E-state index is 12.7. The van der Waals surface area contributed by atoms with Crippen LogP contribution in [0, 0.1) is 5.92 Å². The molecule has 0 saturated heterocycles. The van der Waals surface area contributed by atoms with Gasteiger partial charge in [-0.3, -0.25) is 9.48 Å². The van der Waals surface area contributed by atoms with Crippen molar-refractivity contribution in [1.29, 1.82) is 0 Å². The van der Waals surface area contributed by atoms with Crippen LogP contribution in [0.3, 0.4) is 0 Å². The van der Waals surface area contributed by atoms with Gasteiger partial charge in [0.1, 0.15) is 17.5 Å². The Hall–Kier alpha value is -3.23. The van der Waals surface area contributed by atoms with Gasteiger partial charge in [0.2, 0.25) is 5.95 Å². The summed E-state index contributed by atoms with van der Waals surface area (Å²) in [6.07, 6.45) is 12.3. The van der Waals surface area contributed by atoms with Crippen molar-refractivity contribution < 1.29 is 4.79 Å². The van der Waals surface area contributed by atoms with Crippen LogP contribution >= 0.6 is 0 Å². The molecule has 9 nitrogen and oxygen atoms in total. The van der Waals surface area contributed by atoms with Crippen molar-refractivity contribution in [1.82, 2.24) is 24.3 Å². The maximum Gasteiger partial charge on any atom is 0.263 e. The molecule has 0 bridgehead atoms. The number of aromatic nitrogens is 5. The van der Waals surface area contributed by atoms with Crippen molar-refractivity contribution in [2.75, 3.05) is 10.6 Å². The summed E-state index contributed by atoms with van der Waals surface area (Å²) in [5.74, 6) is 1.17. The quantitative estimate of drug-likeness (QED) is 0.589. The number of rotatable bonds is 6. The van der Waals surface area contributed by atoms with Gasteiger partial charge in [-0.25, -0.2) is 4.98 Å². The van der Waals surface area contributed by atoms with E-state index in [9.17, 15) is 9.59 Å². The normalized spacial score (nSPS) is 22.3. The van der Waals surface area contributed by atoms with E-state index in [1.807, 2.05) is 16.9 Å². The number of hydrogen-bond donors (Lipinski definition) is 2. The Morgan fingerprint density at radius 1 is 1.19 bits per heavy atom. The Morgan fingerprint density at radius 2 is 1.97 bits per heavy atom. The largest absolute Gasteiger partial charge is 0.364 e. The third-order valence-electron chi connectivity index (χ3n) is 6.51. The van der Waals surface area contributed by atoms with E-state index >= 15 is 0 Å². The Morgan fingerprint density at radius 3 is 2.68 bits per heavy atom. The molecule has 2 aliphatic carbocycles. The molecular weight excluding hydrogens is 394 g/mol. The second-order valence-electron chi connectivity index (χ2n) is 9.11. The summed E-state index contributed by atoms with van der Waals surface area (Å²) >= 11 is 0. The predicted molar refractivity (Wildman–Crippen MR) is 119 cm³/mol. The molecule has 0 spiro atoms. The second kappa shape index (κ2) is 7.47. The fraction of sp³-hybridized carbons (Fsp3) is 0.500. The first-order chi connectivity index (χ1) is 14.9. The van der Waals surface area contributed by atoms with Gasteiger partial charge in [0, 0.05) is 30.9 Å². The van der Waals surface area contributed by atoms with E-state index in [1.54, 1.807) is 24.0 Å². The molecule has 0 aliphatic heterocycles. The van der Waals surface area contributed by atoms with Gasteiger partial charge in [-0.05, 0) is 51.5 Å².